The van der Waals surface area contributed by atoms with Gasteiger partial charge in [-0.3, -0.25) is 4.90 Å². The lowest BCUT2D eigenvalue weighted by Gasteiger charge is -2.44. The Bertz CT molecular complexity index is 210. The van der Waals surface area contributed by atoms with Gasteiger partial charge in [0.05, 0.1) is 0 Å². The van der Waals surface area contributed by atoms with Gasteiger partial charge in [-0.25, -0.2) is 0 Å². The minimum atomic E-state index is 0.380. The van der Waals surface area contributed by atoms with Gasteiger partial charge in [0.25, 0.3) is 0 Å². The first kappa shape index (κ1) is 14.0. The second-order valence-electron chi connectivity index (χ2n) is 7.43. The molecule has 0 radical (unpaired) electrons. The Morgan fingerprint density at radius 1 is 1.12 bits per heavy atom. The molecular formula is C14H30N2. The fourth-order valence-electron chi connectivity index (χ4n) is 2.35. The number of nitrogens with zero attached hydrogens (tertiary/aromatic N) is 1. The Morgan fingerprint density at radius 2 is 1.75 bits per heavy atom. The molecule has 0 aromatic heterocycles. The van der Waals surface area contributed by atoms with E-state index in [1.54, 1.807) is 0 Å². The molecule has 1 heterocycles. The average Bonchev–Trinajstić information content (AvgIpc) is 2.12. The zero-order valence-electron chi connectivity index (χ0n) is 12.1. The summed E-state index contributed by atoms with van der Waals surface area (Å²) in [5, 5.41) is 3.53. The molecule has 0 aliphatic carbocycles. The molecule has 1 atom stereocenters. The lowest BCUT2D eigenvalue weighted by Crippen LogP contribution is -2.56. The van der Waals surface area contributed by atoms with Crippen LogP contribution in [0, 0.1) is 10.8 Å². The highest BCUT2D eigenvalue weighted by atomic mass is 15.2. The lowest BCUT2D eigenvalue weighted by molar-refractivity contribution is 0.0658. The highest BCUT2D eigenvalue weighted by Crippen LogP contribution is 2.27. The molecular weight excluding hydrogens is 196 g/mol. The van der Waals surface area contributed by atoms with Crippen molar-refractivity contribution in [3.8, 4) is 0 Å². The van der Waals surface area contributed by atoms with Crippen LogP contribution >= 0.6 is 0 Å². The maximum Gasteiger partial charge on any atom is 0.0269 e. The number of piperazine rings is 1. The Balaban J connectivity index is 2.54. The molecule has 96 valence electrons. The molecule has 0 aromatic rings. The van der Waals surface area contributed by atoms with E-state index < -0.39 is 0 Å². The summed E-state index contributed by atoms with van der Waals surface area (Å²) in [4.78, 5) is 2.68. The van der Waals surface area contributed by atoms with Gasteiger partial charge in [-0.05, 0) is 23.8 Å². The van der Waals surface area contributed by atoms with E-state index in [0.29, 0.717) is 16.9 Å². The average molecular weight is 226 g/mol. The van der Waals surface area contributed by atoms with Crippen molar-refractivity contribution in [1.82, 2.24) is 10.2 Å². The second-order valence-corrected chi connectivity index (χ2v) is 7.43. The summed E-state index contributed by atoms with van der Waals surface area (Å²) in [5.74, 6) is 0. The van der Waals surface area contributed by atoms with Crippen LogP contribution in [0.1, 0.15) is 48.0 Å². The van der Waals surface area contributed by atoms with Crippen molar-refractivity contribution >= 4 is 0 Å². The molecule has 1 aliphatic rings. The van der Waals surface area contributed by atoms with E-state index in [1.165, 1.54) is 19.5 Å². The maximum absolute atomic E-state index is 3.53. The molecule has 1 fully saturated rings. The van der Waals surface area contributed by atoms with E-state index >= 15 is 0 Å². The third-order valence-electron chi connectivity index (χ3n) is 3.50. The van der Waals surface area contributed by atoms with Gasteiger partial charge < -0.3 is 5.32 Å². The van der Waals surface area contributed by atoms with E-state index in [1.807, 2.05) is 0 Å². The molecule has 1 saturated heterocycles. The summed E-state index contributed by atoms with van der Waals surface area (Å²) in [6, 6.07) is 0.684. The molecule has 1 rings (SSSR count). The zero-order chi connectivity index (χ0) is 12.4. The minimum Gasteiger partial charge on any atom is -0.314 e. The molecule has 16 heavy (non-hydrogen) atoms. The van der Waals surface area contributed by atoms with E-state index in [-0.39, 0.29) is 0 Å². The zero-order valence-corrected chi connectivity index (χ0v) is 12.1. The Kier molecular flexibility index (Phi) is 4.42. The Morgan fingerprint density at radius 3 is 2.25 bits per heavy atom. The van der Waals surface area contributed by atoms with Crippen LogP contribution in [0.2, 0.25) is 0 Å². The first-order valence-electron chi connectivity index (χ1n) is 6.65. The smallest absolute Gasteiger partial charge is 0.0269 e. The van der Waals surface area contributed by atoms with Crippen LogP contribution in [0.3, 0.4) is 0 Å². The van der Waals surface area contributed by atoms with Crippen LogP contribution in [0.25, 0.3) is 0 Å². The summed E-state index contributed by atoms with van der Waals surface area (Å²) >= 11 is 0. The van der Waals surface area contributed by atoms with E-state index in [9.17, 15) is 0 Å². The van der Waals surface area contributed by atoms with Crippen LogP contribution < -0.4 is 5.32 Å². The van der Waals surface area contributed by atoms with Gasteiger partial charge in [-0.2, -0.15) is 0 Å². The minimum absolute atomic E-state index is 0.380. The fourth-order valence-corrected chi connectivity index (χ4v) is 2.35. The van der Waals surface area contributed by atoms with Crippen LogP contribution in [0.5, 0.6) is 0 Å². The maximum atomic E-state index is 3.53. The monoisotopic (exact) mass is 226 g/mol. The van der Waals surface area contributed by atoms with Gasteiger partial charge in [0.1, 0.15) is 0 Å². The summed E-state index contributed by atoms with van der Waals surface area (Å²) in [6.45, 7) is 18.8. The van der Waals surface area contributed by atoms with Crippen LogP contribution in [0.15, 0.2) is 0 Å². The largest absolute Gasteiger partial charge is 0.314 e. The molecule has 0 aromatic carbocycles. The van der Waals surface area contributed by atoms with Crippen LogP contribution in [-0.2, 0) is 0 Å². The summed E-state index contributed by atoms with van der Waals surface area (Å²) in [7, 11) is 0. The molecule has 0 spiro atoms. The highest BCUT2D eigenvalue weighted by Gasteiger charge is 2.32. The SMILES string of the molecule is CC(C)(C)CCN1CCNCC1C(C)(C)C. The van der Waals surface area contributed by atoms with Crippen molar-refractivity contribution in [2.24, 2.45) is 10.8 Å². The van der Waals surface area contributed by atoms with Gasteiger partial charge in [0, 0.05) is 25.7 Å². The second kappa shape index (κ2) is 5.05. The molecule has 1 unspecified atom stereocenters. The molecule has 0 amide bonds. The Hall–Kier alpha value is -0.0800. The summed E-state index contributed by atoms with van der Waals surface area (Å²) in [5.41, 5.74) is 0.832. The molecule has 0 saturated carbocycles. The molecule has 2 nitrogen and oxygen atoms in total. The van der Waals surface area contributed by atoms with E-state index in [2.05, 4.69) is 51.8 Å². The lowest BCUT2D eigenvalue weighted by atomic mass is 9.83. The van der Waals surface area contributed by atoms with Crippen molar-refractivity contribution < 1.29 is 0 Å². The Labute approximate surface area is 102 Å². The first-order chi connectivity index (χ1) is 7.20. The van der Waals surface area contributed by atoms with Crippen molar-refractivity contribution in [3.63, 3.8) is 0 Å². The first-order valence-corrected chi connectivity index (χ1v) is 6.65. The third kappa shape index (κ3) is 4.42. The molecule has 1 aliphatic heterocycles. The van der Waals surface area contributed by atoms with Crippen molar-refractivity contribution in [1.29, 1.82) is 0 Å². The van der Waals surface area contributed by atoms with Gasteiger partial charge in [-0.15, -0.1) is 0 Å². The standard InChI is InChI=1S/C14H30N2/c1-13(2,3)7-9-16-10-8-15-11-12(16)14(4,5)6/h12,15H,7-11H2,1-6H3. The van der Waals surface area contributed by atoms with Gasteiger partial charge in [0.15, 0.2) is 0 Å². The summed E-state index contributed by atoms with van der Waals surface area (Å²) < 4.78 is 0. The molecule has 2 heteroatoms. The predicted molar refractivity (Wildman–Crippen MR) is 71.8 cm³/mol. The topological polar surface area (TPSA) is 15.3 Å². The van der Waals surface area contributed by atoms with Gasteiger partial charge in [-0.1, -0.05) is 41.5 Å². The third-order valence-corrected chi connectivity index (χ3v) is 3.50. The van der Waals surface area contributed by atoms with Crippen molar-refractivity contribution in [2.45, 2.75) is 54.0 Å². The number of nitrogens with one attached hydrogen (secondary N) is 1. The number of rotatable bonds is 2. The summed E-state index contributed by atoms with van der Waals surface area (Å²) in [6.07, 6.45) is 1.29. The van der Waals surface area contributed by atoms with E-state index in [4.69, 9.17) is 0 Å². The van der Waals surface area contributed by atoms with Crippen molar-refractivity contribution in [2.75, 3.05) is 26.2 Å². The predicted octanol–water partition coefficient (Wildman–Crippen LogP) is 2.74. The van der Waals surface area contributed by atoms with E-state index in [0.717, 1.165) is 13.1 Å². The van der Waals surface area contributed by atoms with Crippen LogP contribution in [0.4, 0.5) is 0 Å². The highest BCUT2D eigenvalue weighted by molar-refractivity contribution is 4.88. The van der Waals surface area contributed by atoms with Gasteiger partial charge >= 0.3 is 0 Å². The fraction of sp³-hybridized carbons (Fsp3) is 1.00. The molecule has 0 bridgehead atoms. The number of hydrogen-bond donors (Lipinski definition) is 1. The quantitative estimate of drug-likeness (QED) is 0.779. The molecule has 1 N–H and O–H groups in total. The number of hydrogen-bond acceptors (Lipinski definition) is 2. The normalized spacial score (nSPS) is 24.8. The van der Waals surface area contributed by atoms with Crippen molar-refractivity contribution in [3.05, 3.63) is 0 Å². The van der Waals surface area contributed by atoms with Crippen LogP contribution in [-0.4, -0.2) is 37.1 Å². The van der Waals surface area contributed by atoms with Gasteiger partial charge in [0.2, 0.25) is 0 Å².